The van der Waals surface area contributed by atoms with Crippen LogP contribution in [0.1, 0.15) is 26.7 Å². The van der Waals surface area contributed by atoms with Gasteiger partial charge in [0.15, 0.2) is 0 Å². The molecule has 3 nitrogen and oxygen atoms in total. The molecule has 0 amide bonds. The summed E-state index contributed by atoms with van der Waals surface area (Å²) in [5.74, 6) is -0.636. The van der Waals surface area contributed by atoms with Crippen molar-refractivity contribution in [2.75, 3.05) is 19.6 Å². The highest BCUT2D eigenvalue weighted by molar-refractivity contribution is 5.75. The Labute approximate surface area is 85.4 Å². The van der Waals surface area contributed by atoms with E-state index in [1.54, 1.807) is 0 Å². The van der Waals surface area contributed by atoms with Gasteiger partial charge in [-0.15, -0.1) is 0 Å². The Bertz CT molecular complexity index is 237. The van der Waals surface area contributed by atoms with Gasteiger partial charge in [0.05, 0.1) is 5.41 Å². The number of hydrogen-bond donors (Lipinski definition) is 1. The summed E-state index contributed by atoms with van der Waals surface area (Å²) in [6, 6.07) is 0. The van der Waals surface area contributed by atoms with Crippen LogP contribution in [0.5, 0.6) is 0 Å². The summed E-state index contributed by atoms with van der Waals surface area (Å²) in [6.07, 6.45) is 5.60. The van der Waals surface area contributed by atoms with Crippen LogP contribution in [0.3, 0.4) is 0 Å². The lowest BCUT2D eigenvalue weighted by Gasteiger charge is -2.22. The van der Waals surface area contributed by atoms with E-state index in [4.69, 9.17) is 5.11 Å². The minimum absolute atomic E-state index is 0.485. The molecule has 0 aromatic rings. The molecule has 0 bridgehead atoms. The number of allylic oxidation sites excluding steroid dienone is 1. The van der Waals surface area contributed by atoms with Gasteiger partial charge in [-0.3, -0.25) is 9.69 Å². The number of hydrogen-bond acceptors (Lipinski definition) is 2. The second-order valence-electron chi connectivity index (χ2n) is 3.99. The summed E-state index contributed by atoms with van der Waals surface area (Å²) in [5.41, 5.74) is -0.485. The van der Waals surface area contributed by atoms with Crippen molar-refractivity contribution in [1.29, 1.82) is 0 Å². The van der Waals surface area contributed by atoms with E-state index >= 15 is 0 Å². The quantitative estimate of drug-likeness (QED) is 0.698. The molecule has 1 unspecified atom stereocenters. The van der Waals surface area contributed by atoms with Crippen molar-refractivity contribution in [3.05, 3.63) is 12.2 Å². The summed E-state index contributed by atoms with van der Waals surface area (Å²) in [7, 11) is 0. The van der Waals surface area contributed by atoms with Crippen LogP contribution in [-0.4, -0.2) is 35.6 Å². The first-order valence-electron chi connectivity index (χ1n) is 5.21. The van der Waals surface area contributed by atoms with Crippen LogP contribution in [0.4, 0.5) is 0 Å². The fourth-order valence-corrected chi connectivity index (χ4v) is 1.98. The second-order valence-corrected chi connectivity index (χ2v) is 3.99. The Morgan fingerprint density at radius 3 is 2.79 bits per heavy atom. The summed E-state index contributed by atoms with van der Waals surface area (Å²) in [6.45, 7) is 6.44. The molecule has 1 N–H and O–H groups in total. The molecular weight excluding hydrogens is 178 g/mol. The van der Waals surface area contributed by atoms with Gasteiger partial charge >= 0.3 is 5.97 Å². The molecule has 3 heteroatoms. The molecule has 14 heavy (non-hydrogen) atoms. The lowest BCUT2D eigenvalue weighted by Crippen LogP contribution is -2.34. The molecule has 0 saturated carbocycles. The zero-order valence-corrected chi connectivity index (χ0v) is 8.99. The topological polar surface area (TPSA) is 40.5 Å². The highest BCUT2D eigenvalue weighted by atomic mass is 16.4. The number of likely N-dealkylation sites (tertiary alicyclic amines) is 1. The molecule has 0 spiro atoms. The number of rotatable bonds is 4. The van der Waals surface area contributed by atoms with Crippen molar-refractivity contribution in [3.8, 4) is 0 Å². The highest BCUT2D eigenvalue weighted by Crippen LogP contribution is 2.33. The highest BCUT2D eigenvalue weighted by Gasteiger charge is 2.42. The van der Waals surface area contributed by atoms with E-state index in [0.29, 0.717) is 6.54 Å². The van der Waals surface area contributed by atoms with Crippen molar-refractivity contribution in [1.82, 2.24) is 4.90 Å². The number of carboxylic acid groups (broad SMARTS) is 1. The Morgan fingerprint density at radius 1 is 1.64 bits per heavy atom. The normalized spacial score (nSPS) is 28.7. The van der Waals surface area contributed by atoms with Crippen molar-refractivity contribution in [2.45, 2.75) is 26.7 Å². The minimum Gasteiger partial charge on any atom is -0.481 e. The molecule has 1 atom stereocenters. The van der Waals surface area contributed by atoms with Crippen LogP contribution in [-0.2, 0) is 4.79 Å². The molecule has 1 aliphatic rings. The first-order valence-corrected chi connectivity index (χ1v) is 5.21. The minimum atomic E-state index is -0.636. The van der Waals surface area contributed by atoms with Crippen LogP contribution in [0, 0.1) is 5.41 Å². The zero-order valence-electron chi connectivity index (χ0n) is 8.99. The van der Waals surface area contributed by atoms with E-state index in [0.717, 1.165) is 25.9 Å². The predicted molar refractivity (Wildman–Crippen MR) is 56.2 cm³/mol. The molecule has 1 heterocycles. The van der Waals surface area contributed by atoms with Gasteiger partial charge in [0, 0.05) is 13.1 Å². The van der Waals surface area contributed by atoms with E-state index in [9.17, 15) is 4.79 Å². The van der Waals surface area contributed by atoms with Crippen molar-refractivity contribution >= 4 is 5.97 Å². The average Bonchev–Trinajstić information content (AvgIpc) is 2.59. The summed E-state index contributed by atoms with van der Waals surface area (Å²) >= 11 is 0. The molecule has 1 fully saturated rings. The lowest BCUT2D eigenvalue weighted by molar-refractivity contribution is -0.148. The molecule has 0 aliphatic carbocycles. The monoisotopic (exact) mass is 197 g/mol. The van der Waals surface area contributed by atoms with Gasteiger partial charge in [0.2, 0.25) is 0 Å². The maximum Gasteiger partial charge on any atom is 0.310 e. The van der Waals surface area contributed by atoms with E-state index in [-0.39, 0.29) is 0 Å². The average molecular weight is 197 g/mol. The second kappa shape index (κ2) is 4.60. The molecule has 0 radical (unpaired) electrons. The maximum absolute atomic E-state index is 11.1. The smallest absolute Gasteiger partial charge is 0.310 e. The van der Waals surface area contributed by atoms with E-state index in [1.807, 2.05) is 19.9 Å². The molecule has 0 aromatic heterocycles. The van der Waals surface area contributed by atoms with E-state index < -0.39 is 11.4 Å². The summed E-state index contributed by atoms with van der Waals surface area (Å²) in [5, 5.41) is 9.16. The molecule has 1 aliphatic heterocycles. The third-order valence-electron chi connectivity index (χ3n) is 3.16. The van der Waals surface area contributed by atoms with Crippen LogP contribution >= 0.6 is 0 Å². The number of carboxylic acids is 1. The molecule has 0 aromatic carbocycles. The fourth-order valence-electron chi connectivity index (χ4n) is 1.98. The van der Waals surface area contributed by atoms with Crippen LogP contribution in [0.25, 0.3) is 0 Å². The first-order chi connectivity index (χ1) is 6.64. The molecule has 1 rings (SSSR count). The number of nitrogens with zero attached hydrogens (tertiary/aromatic N) is 1. The van der Waals surface area contributed by atoms with Crippen LogP contribution in [0.2, 0.25) is 0 Å². The largest absolute Gasteiger partial charge is 0.481 e. The predicted octanol–water partition coefficient (Wildman–Crippen LogP) is 1.75. The third-order valence-corrected chi connectivity index (χ3v) is 3.16. The lowest BCUT2D eigenvalue weighted by atomic mass is 9.84. The maximum atomic E-state index is 11.1. The third kappa shape index (κ3) is 2.15. The Morgan fingerprint density at radius 2 is 2.36 bits per heavy atom. The standard InChI is InChI=1S/C11H19NO2/c1-3-5-7-12-8-6-11(4-2,9-12)10(13)14/h3,5H,4,6-9H2,1-2H3,(H,13,14). The molecular formula is C11H19NO2. The first kappa shape index (κ1) is 11.2. The Kier molecular flexibility index (Phi) is 3.69. The zero-order chi connectivity index (χ0) is 10.6. The Balaban J connectivity index is 2.57. The Hall–Kier alpha value is -0.830. The van der Waals surface area contributed by atoms with Gasteiger partial charge in [-0.1, -0.05) is 19.1 Å². The van der Waals surface area contributed by atoms with Crippen molar-refractivity contribution in [2.24, 2.45) is 5.41 Å². The number of carbonyl (C=O) groups is 1. The van der Waals surface area contributed by atoms with Crippen molar-refractivity contribution in [3.63, 3.8) is 0 Å². The van der Waals surface area contributed by atoms with Crippen molar-refractivity contribution < 1.29 is 9.90 Å². The SMILES string of the molecule is CC=CCN1CCC(CC)(C(=O)O)C1. The molecule has 1 saturated heterocycles. The van der Waals surface area contributed by atoms with Gasteiger partial charge < -0.3 is 5.11 Å². The number of aliphatic carboxylic acids is 1. The van der Waals surface area contributed by atoms with Gasteiger partial charge in [0.1, 0.15) is 0 Å². The van der Waals surface area contributed by atoms with Gasteiger partial charge in [-0.25, -0.2) is 0 Å². The van der Waals surface area contributed by atoms with Crippen LogP contribution < -0.4 is 0 Å². The summed E-state index contributed by atoms with van der Waals surface area (Å²) in [4.78, 5) is 13.3. The fraction of sp³-hybridized carbons (Fsp3) is 0.727. The van der Waals surface area contributed by atoms with E-state index in [2.05, 4.69) is 11.0 Å². The van der Waals surface area contributed by atoms with Gasteiger partial charge in [-0.2, -0.15) is 0 Å². The van der Waals surface area contributed by atoms with Crippen LogP contribution in [0.15, 0.2) is 12.2 Å². The van der Waals surface area contributed by atoms with E-state index in [1.165, 1.54) is 0 Å². The molecule has 80 valence electrons. The van der Waals surface area contributed by atoms with Gasteiger partial charge in [-0.05, 0) is 26.3 Å². The summed E-state index contributed by atoms with van der Waals surface area (Å²) < 4.78 is 0. The van der Waals surface area contributed by atoms with Gasteiger partial charge in [0.25, 0.3) is 0 Å².